The van der Waals surface area contributed by atoms with Crippen molar-refractivity contribution in [1.29, 1.82) is 0 Å². The van der Waals surface area contributed by atoms with Crippen LogP contribution in [0.1, 0.15) is 22.3 Å². The molecule has 2 aliphatic carbocycles. The summed E-state index contributed by atoms with van der Waals surface area (Å²) in [6, 6.07) is 88.2. The Bertz CT molecular complexity index is 3560. The summed E-state index contributed by atoms with van der Waals surface area (Å²) in [7, 11) is 0. The largest absolute Gasteiger partial charge is 0.454 e. The summed E-state index contributed by atoms with van der Waals surface area (Å²) in [5.41, 5.74) is 20.2. The molecule has 10 aromatic carbocycles. The second-order valence-corrected chi connectivity index (χ2v) is 16.8. The second-order valence-electron chi connectivity index (χ2n) is 16.8. The molecule has 1 atom stereocenters. The van der Waals surface area contributed by atoms with Crippen LogP contribution in [0.3, 0.4) is 0 Å². The molecule has 300 valence electrons. The molecule has 2 aliphatic rings. The van der Waals surface area contributed by atoms with Gasteiger partial charge in [0.2, 0.25) is 0 Å². The number of rotatable bonds is 7. The average molecular weight is 817 g/mol. The summed E-state index contributed by atoms with van der Waals surface area (Å²) in [4.78, 5) is 4.81. The number of furan rings is 1. The number of hydrogen-bond acceptors (Lipinski definition) is 3. The molecule has 0 fully saturated rings. The first-order chi connectivity index (χ1) is 31.8. The lowest BCUT2D eigenvalue weighted by Crippen LogP contribution is -2.26. The van der Waals surface area contributed by atoms with Gasteiger partial charge in [-0.3, -0.25) is 0 Å². The highest BCUT2D eigenvalue weighted by molar-refractivity contribution is 6.10. The van der Waals surface area contributed by atoms with Crippen molar-refractivity contribution in [2.24, 2.45) is 0 Å². The predicted octanol–water partition coefficient (Wildman–Crippen LogP) is 16.5. The first-order valence-electron chi connectivity index (χ1n) is 22.0. The third-order valence-corrected chi connectivity index (χ3v) is 13.5. The summed E-state index contributed by atoms with van der Waals surface area (Å²) in [6.45, 7) is 0. The molecule has 0 aliphatic heterocycles. The van der Waals surface area contributed by atoms with E-state index in [0.717, 1.165) is 56.1 Å². The highest BCUT2D eigenvalue weighted by Crippen LogP contribution is 2.65. The van der Waals surface area contributed by atoms with Crippen LogP contribution >= 0.6 is 0 Å². The Balaban J connectivity index is 1.06. The van der Waals surface area contributed by atoms with Gasteiger partial charge in [0.05, 0.1) is 16.8 Å². The summed E-state index contributed by atoms with van der Waals surface area (Å²) in [5, 5.41) is 2.21. The van der Waals surface area contributed by atoms with E-state index in [1.165, 1.54) is 55.6 Å². The lowest BCUT2D eigenvalue weighted by atomic mass is 9.70. The topological polar surface area (TPSA) is 19.6 Å². The summed E-state index contributed by atoms with van der Waals surface area (Å²) in [5.74, 6) is 0. The Morgan fingerprint density at radius 1 is 0.312 bits per heavy atom. The summed E-state index contributed by atoms with van der Waals surface area (Å²) in [6.07, 6.45) is 0. The van der Waals surface area contributed by atoms with Gasteiger partial charge in [-0.1, -0.05) is 176 Å². The van der Waals surface area contributed by atoms with E-state index in [1.54, 1.807) is 0 Å². The lowest BCUT2D eigenvalue weighted by molar-refractivity contribution is 0.669. The van der Waals surface area contributed by atoms with Crippen molar-refractivity contribution in [2.45, 2.75) is 5.41 Å². The fourth-order valence-corrected chi connectivity index (χ4v) is 10.8. The minimum atomic E-state index is -0.586. The second kappa shape index (κ2) is 14.3. The number of hydrogen-bond donors (Lipinski definition) is 0. The van der Waals surface area contributed by atoms with Crippen LogP contribution in [0.25, 0.3) is 55.3 Å². The quantitative estimate of drug-likeness (QED) is 0.160. The standard InChI is InChI=1S/C61H40N2O/c1-4-18-41(19-5-1)42-34-36-45(37-35-42)62(43-20-6-2-7-21-43)56-31-17-30-54-59(56)51-26-11-14-29-53(51)61(54)52-28-13-10-24-47(52)48-39-38-46(40-55(48)61)63(44-22-8-3-9-23-44)57-32-16-27-50-49-25-12-15-33-58(49)64-60(50)57/h1-40H. The van der Waals surface area contributed by atoms with E-state index in [4.69, 9.17) is 4.42 Å². The first kappa shape index (κ1) is 36.3. The van der Waals surface area contributed by atoms with Crippen LogP contribution in [0, 0.1) is 0 Å². The molecule has 1 aromatic heterocycles. The van der Waals surface area contributed by atoms with Crippen molar-refractivity contribution < 1.29 is 4.42 Å². The van der Waals surface area contributed by atoms with Crippen LogP contribution in [0.5, 0.6) is 0 Å². The number of fused-ring (bicyclic) bond motifs is 13. The van der Waals surface area contributed by atoms with Gasteiger partial charge in [-0.15, -0.1) is 0 Å². The molecular formula is C61H40N2O. The molecule has 3 nitrogen and oxygen atoms in total. The molecule has 0 saturated heterocycles. The Hall–Kier alpha value is -8.40. The summed E-state index contributed by atoms with van der Waals surface area (Å²) < 4.78 is 6.73. The maximum absolute atomic E-state index is 6.73. The number of benzene rings is 10. The van der Waals surface area contributed by atoms with Crippen LogP contribution in [-0.2, 0) is 5.41 Å². The molecule has 0 amide bonds. The van der Waals surface area contributed by atoms with Crippen LogP contribution in [-0.4, -0.2) is 0 Å². The van der Waals surface area contributed by atoms with Gasteiger partial charge in [-0.05, 0) is 117 Å². The maximum Gasteiger partial charge on any atom is 0.159 e. The normalized spacial score (nSPS) is 14.3. The van der Waals surface area contributed by atoms with Gasteiger partial charge in [0, 0.05) is 39.1 Å². The fraction of sp³-hybridized carbons (Fsp3) is 0.0164. The number of anilines is 6. The van der Waals surface area contributed by atoms with E-state index in [2.05, 4.69) is 246 Å². The first-order valence-corrected chi connectivity index (χ1v) is 22.0. The van der Waals surface area contributed by atoms with Crippen LogP contribution in [0.4, 0.5) is 34.1 Å². The smallest absolute Gasteiger partial charge is 0.159 e. The molecule has 1 unspecified atom stereocenters. The molecule has 3 heteroatoms. The van der Waals surface area contributed by atoms with Crippen molar-refractivity contribution >= 4 is 56.1 Å². The van der Waals surface area contributed by atoms with Gasteiger partial charge in [0.15, 0.2) is 5.58 Å². The maximum atomic E-state index is 6.73. The zero-order valence-electron chi connectivity index (χ0n) is 34.9. The van der Waals surface area contributed by atoms with Gasteiger partial charge >= 0.3 is 0 Å². The molecule has 11 aromatic rings. The molecule has 13 rings (SSSR count). The third kappa shape index (κ3) is 5.28. The Labute approximate surface area is 372 Å². The molecule has 1 heterocycles. The number of nitrogens with zero attached hydrogens (tertiary/aromatic N) is 2. The van der Waals surface area contributed by atoms with Crippen molar-refractivity contribution in [2.75, 3.05) is 9.80 Å². The van der Waals surface area contributed by atoms with E-state index in [9.17, 15) is 0 Å². The fourth-order valence-electron chi connectivity index (χ4n) is 10.8. The van der Waals surface area contributed by atoms with Crippen LogP contribution in [0.15, 0.2) is 247 Å². The molecule has 64 heavy (non-hydrogen) atoms. The molecule has 1 spiro atoms. The van der Waals surface area contributed by atoms with E-state index >= 15 is 0 Å². The van der Waals surface area contributed by atoms with Crippen LogP contribution < -0.4 is 9.80 Å². The SMILES string of the molecule is c1ccc(-c2ccc(N(c3ccccc3)c3cccc4c3-c3ccccc3C43c4ccccc4-c4ccc(N(c5ccccc5)c5cccc6c5oc5ccccc56)cc43)cc2)cc1. The molecule has 0 saturated carbocycles. The Morgan fingerprint density at radius 2 is 0.812 bits per heavy atom. The molecular weight excluding hydrogens is 777 g/mol. The van der Waals surface area contributed by atoms with Gasteiger partial charge in [0.1, 0.15) is 5.58 Å². The monoisotopic (exact) mass is 816 g/mol. The van der Waals surface area contributed by atoms with Crippen molar-refractivity contribution in [3.63, 3.8) is 0 Å². The molecule has 0 radical (unpaired) electrons. The van der Waals surface area contributed by atoms with E-state index in [-0.39, 0.29) is 0 Å². The Kier molecular flexibility index (Phi) is 8.13. The third-order valence-electron chi connectivity index (χ3n) is 13.5. The zero-order valence-corrected chi connectivity index (χ0v) is 34.9. The highest BCUT2D eigenvalue weighted by Gasteiger charge is 2.52. The van der Waals surface area contributed by atoms with Crippen molar-refractivity contribution in [1.82, 2.24) is 0 Å². The van der Waals surface area contributed by atoms with Gasteiger partial charge < -0.3 is 14.2 Å². The van der Waals surface area contributed by atoms with Gasteiger partial charge in [0.25, 0.3) is 0 Å². The average Bonchev–Trinajstić information content (AvgIpc) is 4.00. The van der Waals surface area contributed by atoms with Crippen molar-refractivity contribution in [3.8, 4) is 33.4 Å². The van der Waals surface area contributed by atoms with Gasteiger partial charge in [-0.2, -0.15) is 0 Å². The Morgan fingerprint density at radius 3 is 1.56 bits per heavy atom. The van der Waals surface area contributed by atoms with Gasteiger partial charge in [-0.25, -0.2) is 0 Å². The van der Waals surface area contributed by atoms with Crippen molar-refractivity contribution in [3.05, 3.63) is 265 Å². The van der Waals surface area contributed by atoms with E-state index in [1.807, 2.05) is 6.07 Å². The minimum absolute atomic E-state index is 0.586. The van der Waals surface area contributed by atoms with Crippen LogP contribution in [0.2, 0.25) is 0 Å². The minimum Gasteiger partial charge on any atom is -0.454 e. The number of para-hydroxylation sites is 4. The summed E-state index contributed by atoms with van der Waals surface area (Å²) >= 11 is 0. The van der Waals surface area contributed by atoms with E-state index < -0.39 is 5.41 Å². The predicted molar refractivity (Wildman–Crippen MR) is 265 cm³/mol. The van der Waals surface area contributed by atoms with E-state index in [0.29, 0.717) is 0 Å². The molecule has 0 N–H and O–H groups in total. The zero-order chi connectivity index (χ0) is 42.2. The highest BCUT2D eigenvalue weighted by atomic mass is 16.3. The lowest BCUT2D eigenvalue weighted by Gasteiger charge is -2.33. The molecule has 0 bridgehead atoms.